The summed E-state index contributed by atoms with van der Waals surface area (Å²) >= 11 is 5.65. The number of amides is 3. The number of ether oxygens (including phenoxy) is 2. The quantitative estimate of drug-likeness (QED) is 0.422. The minimum absolute atomic E-state index is 0.228. The van der Waals surface area contributed by atoms with E-state index in [4.69, 9.17) is 21.1 Å². The summed E-state index contributed by atoms with van der Waals surface area (Å²) in [5, 5.41) is 1.85. The number of hydrogen-bond donors (Lipinski definition) is 0. The van der Waals surface area contributed by atoms with Gasteiger partial charge >= 0.3 is 6.09 Å². The molecule has 0 aliphatic heterocycles. The minimum atomic E-state index is -1.05. The number of nitrogens with zero attached hydrogens (tertiary/aromatic N) is 2. The van der Waals surface area contributed by atoms with Gasteiger partial charge in [0.2, 0.25) is 0 Å². The third-order valence-electron chi connectivity index (χ3n) is 4.98. The van der Waals surface area contributed by atoms with Gasteiger partial charge in [-0.2, -0.15) is 0 Å². The molecule has 2 aromatic rings. The molecular formula is C25H31ClN2O5. The first-order valence-electron chi connectivity index (χ1n) is 10.6. The lowest BCUT2D eigenvalue weighted by molar-refractivity contribution is -0.0374. The normalized spacial score (nSPS) is 11.0. The summed E-state index contributed by atoms with van der Waals surface area (Å²) in [6.07, 6.45) is -0.572. The SMILES string of the molecule is CCc1c(OC)cccc1C(=O)N(C(=O)OCCl)N(C(=O)c1cc(C)cc(C)c1)C(C)(C)C. The molecule has 0 atom stereocenters. The Morgan fingerprint density at radius 1 is 1.00 bits per heavy atom. The minimum Gasteiger partial charge on any atom is -0.496 e. The summed E-state index contributed by atoms with van der Waals surface area (Å²) in [5.74, 6) is -0.722. The Labute approximate surface area is 200 Å². The van der Waals surface area contributed by atoms with Gasteiger partial charge in [-0.3, -0.25) is 9.59 Å². The van der Waals surface area contributed by atoms with E-state index in [0.29, 0.717) is 23.3 Å². The van der Waals surface area contributed by atoms with E-state index >= 15 is 0 Å². The van der Waals surface area contributed by atoms with Crippen LogP contribution in [0, 0.1) is 13.8 Å². The Bertz CT molecular complexity index is 1030. The van der Waals surface area contributed by atoms with Gasteiger partial charge in [0.15, 0.2) is 6.07 Å². The zero-order valence-electron chi connectivity index (χ0n) is 20.2. The van der Waals surface area contributed by atoms with Crippen LogP contribution in [-0.2, 0) is 11.2 Å². The maximum Gasteiger partial charge on any atom is 0.437 e. The fourth-order valence-corrected chi connectivity index (χ4v) is 3.81. The number of methoxy groups -OCH3 is 1. The van der Waals surface area contributed by atoms with E-state index in [1.165, 1.54) is 7.11 Å². The third-order valence-corrected chi connectivity index (χ3v) is 5.09. The molecule has 178 valence electrons. The van der Waals surface area contributed by atoms with Crippen LogP contribution in [0.1, 0.15) is 65.1 Å². The molecule has 0 spiro atoms. The van der Waals surface area contributed by atoms with Gasteiger partial charge in [0.05, 0.1) is 12.6 Å². The van der Waals surface area contributed by atoms with Crippen LogP contribution in [-0.4, -0.2) is 46.6 Å². The summed E-state index contributed by atoms with van der Waals surface area (Å²) in [5.41, 5.74) is 2.00. The molecule has 0 heterocycles. The third kappa shape index (κ3) is 5.85. The smallest absolute Gasteiger partial charge is 0.437 e. The van der Waals surface area contributed by atoms with Crippen LogP contribution in [0.2, 0.25) is 0 Å². The van der Waals surface area contributed by atoms with Crippen molar-refractivity contribution >= 4 is 29.5 Å². The lowest BCUT2D eigenvalue weighted by Gasteiger charge is -2.41. The molecule has 0 radical (unpaired) electrons. The number of carbonyl (C=O) groups is 3. The van der Waals surface area contributed by atoms with E-state index in [1.807, 2.05) is 26.8 Å². The zero-order valence-corrected chi connectivity index (χ0v) is 20.9. The molecule has 0 unspecified atom stereocenters. The highest BCUT2D eigenvalue weighted by atomic mass is 35.5. The van der Waals surface area contributed by atoms with Crippen LogP contribution < -0.4 is 4.74 Å². The Hall–Kier alpha value is -3.06. The summed E-state index contributed by atoms with van der Waals surface area (Å²) in [4.78, 5) is 40.6. The van der Waals surface area contributed by atoms with Crippen molar-refractivity contribution in [3.63, 3.8) is 0 Å². The molecule has 33 heavy (non-hydrogen) atoms. The van der Waals surface area contributed by atoms with Crippen LogP contribution in [0.15, 0.2) is 36.4 Å². The largest absolute Gasteiger partial charge is 0.496 e. The highest BCUT2D eigenvalue weighted by Crippen LogP contribution is 2.28. The Kier molecular flexibility index (Phi) is 8.50. The van der Waals surface area contributed by atoms with E-state index in [9.17, 15) is 14.4 Å². The van der Waals surface area contributed by atoms with Gasteiger partial charge in [-0.15, -0.1) is 5.01 Å². The first kappa shape index (κ1) is 26.2. The Balaban J connectivity index is 2.72. The number of carbonyl (C=O) groups excluding carboxylic acids is 3. The standard InChI is InChI=1S/C25H31ClN2O5/c1-8-19-20(10-9-11-21(19)32-7)23(30)27(24(31)33-15-26)28(25(4,5)6)22(29)18-13-16(2)12-17(3)14-18/h9-14H,8,15H2,1-7H3. The van der Waals surface area contributed by atoms with Crippen molar-refractivity contribution < 1.29 is 23.9 Å². The number of benzene rings is 2. The predicted octanol–water partition coefficient (Wildman–Crippen LogP) is 5.51. The van der Waals surface area contributed by atoms with Gasteiger partial charge in [0.1, 0.15) is 5.75 Å². The lowest BCUT2D eigenvalue weighted by atomic mass is 10.0. The van der Waals surface area contributed by atoms with E-state index < -0.39 is 29.5 Å². The maximum absolute atomic E-state index is 13.8. The van der Waals surface area contributed by atoms with Crippen LogP contribution >= 0.6 is 11.6 Å². The molecule has 2 rings (SSSR count). The monoisotopic (exact) mass is 474 g/mol. The second-order valence-corrected chi connectivity index (χ2v) is 8.86. The van der Waals surface area contributed by atoms with Crippen molar-refractivity contribution in [1.29, 1.82) is 0 Å². The number of rotatable bonds is 5. The fraction of sp³-hybridized carbons (Fsp3) is 0.400. The van der Waals surface area contributed by atoms with Crippen molar-refractivity contribution in [3.05, 3.63) is 64.2 Å². The molecule has 0 fully saturated rings. The van der Waals surface area contributed by atoms with E-state index in [1.54, 1.807) is 51.1 Å². The average Bonchev–Trinajstić information content (AvgIpc) is 2.74. The van der Waals surface area contributed by atoms with Gasteiger partial charge in [0.25, 0.3) is 11.8 Å². The number of alkyl halides is 1. The molecule has 3 amide bonds. The summed E-state index contributed by atoms with van der Waals surface area (Å²) in [6.45, 7) is 10.8. The molecule has 0 saturated heterocycles. The topological polar surface area (TPSA) is 76.2 Å². The number of hydrazine groups is 1. The molecule has 0 N–H and O–H groups in total. The molecule has 2 aromatic carbocycles. The van der Waals surface area contributed by atoms with Gasteiger partial charge in [-0.05, 0) is 65.3 Å². The molecule has 0 saturated carbocycles. The van der Waals surface area contributed by atoms with Gasteiger partial charge < -0.3 is 9.47 Å². The van der Waals surface area contributed by atoms with Crippen molar-refractivity contribution in [2.75, 3.05) is 13.2 Å². The fourth-order valence-electron chi connectivity index (χ4n) is 3.72. The molecule has 0 aromatic heterocycles. The first-order valence-corrected chi connectivity index (χ1v) is 11.2. The number of halogens is 1. The molecule has 0 bridgehead atoms. The first-order chi connectivity index (χ1) is 15.5. The Morgan fingerprint density at radius 3 is 2.09 bits per heavy atom. The molecular weight excluding hydrogens is 444 g/mol. The second kappa shape index (κ2) is 10.7. The van der Waals surface area contributed by atoms with Gasteiger partial charge in [0, 0.05) is 16.7 Å². The van der Waals surface area contributed by atoms with E-state index in [0.717, 1.165) is 21.1 Å². The van der Waals surface area contributed by atoms with E-state index in [2.05, 4.69) is 0 Å². The molecule has 7 nitrogen and oxygen atoms in total. The number of imide groups is 1. The number of hydrogen-bond acceptors (Lipinski definition) is 5. The van der Waals surface area contributed by atoms with Gasteiger partial charge in [-0.1, -0.05) is 41.8 Å². The summed E-state index contributed by atoms with van der Waals surface area (Å²) in [6, 6.07) is 9.87. The van der Waals surface area contributed by atoms with Crippen molar-refractivity contribution in [2.45, 2.75) is 53.5 Å². The highest BCUT2D eigenvalue weighted by molar-refractivity contribution is 6.17. The summed E-state index contributed by atoms with van der Waals surface area (Å²) < 4.78 is 10.4. The molecule has 8 heteroatoms. The number of aryl methyl sites for hydroxylation is 2. The molecule has 0 aliphatic rings. The van der Waals surface area contributed by atoms with Gasteiger partial charge in [-0.25, -0.2) is 9.80 Å². The zero-order chi connectivity index (χ0) is 24.9. The second-order valence-electron chi connectivity index (χ2n) is 8.64. The predicted molar refractivity (Wildman–Crippen MR) is 128 cm³/mol. The summed E-state index contributed by atoms with van der Waals surface area (Å²) in [7, 11) is 1.51. The average molecular weight is 475 g/mol. The van der Waals surface area contributed by atoms with Crippen LogP contribution in [0.5, 0.6) is 5.75 Å². The lowest BCUT2D eigenvalue weighted by Crippen LogP contribution is -2.60. The van der Waals surface area contributed by atoms with Crippen LogP contribution in [0.4, 0.5) is 4.79 Å². The Morgan fingerprint density at radius 2 is 1.61 bits per heavy atom. The van der Waals surface area contributed by atoms with Crippen LogP contribution in [0.3, 0.4) is 0 Å². The maximum atomic E-state index is 13.8. The van der Waals surface area contributed by atoms with Crippen molar-refractivity contribution in [3.8, 4) is 5.75 Å². The van der Waals surface area contributed by atoms with Crippen molar-refractivity contribution in [2.24, 2.45) is 0 Å². The highest BCUT2D eigenvalue weighted by Gasteiger charge is 2.41. The van der Waals surface area contributed by atoms with Crippen LogP contribution in [0.25, 0.3) is 0 Å². The molecule has 0 aliphatic carbocycles. The van der Waals surface area contributed by atoms with E-state index in [-0.39, 0.29) is 5.56 Å². The van der Waals surface area contributed by atoms with Crippen molar-refractivity contribution in [1.82, 2.24) is 10.0 Å².